The fourth-order valence-electron chi connectivity index (χ4n) is 1.94. The van der Waals surface area contributed by atoms with Crippen molar-refractivity contribution >= 4 is 0 Å². The van der Waals surface area contributed by atoms with E-state index in [0.29, 0.717) is 12.1 Å². The number of piperidine rings is 1. The zero-order valence-electron chi connectivity index (χ0n) is 7.81. The summed E-state index contributed by atoms with van der Waals surface area (Å²) in [6.45, 7) is 0.936. The van der Waals surface area contributed by atoms with Gasteiger partial charge < -0.3 is 10.3 Å². The third kappa shape index (κ3) is 1.73. The molecule has 0 aliphatic carbocycles. The SMILES string of the molecule is CN1CC(N)CCC1c1ccno1. The maximum Gasteiger partial charge on any atom is 0.153 e. The molecule has 2 rings (SSSR count). The topological polar surface area (TPSA) is 55.3 Å². The van der Waals surface area contributed by atoms with Crippen LogP contribution < -0.4 is 5.73 Å². The molecule has 2 N–H and O–H groups in total. The first-order valence-electron chi connectivity index (χ1n) is 4.64. The molecule has 13 heavy (non-hydrogen) atoms. The van der Waals surface area contributed by atoms with Crippen molar-refractivity contribution in [1.29, 1.82) is 0 Å². The largest absolute Gasteiger partial charge is 0.360 e. The van der Waals surface area contributed by atoms with Gasteiger partial charge in [0, 0.05) is 18.7 Å². The van der Waals surface area contributed by atoms with Gasteiger partial charge in [-0.3, -0.25) is 4.90 Å². The number of hydrogen-bond acceptors (Lipinski definition) is 4. The van der Waals surface area contributed by atoms with Gasteiger partial charge in [0.05, 0.1) is 12.2 Å². The van der Waals surface area contributed by atoms with Gasteiger partial charge in [0.2, 0.25) is 0 Å². The average Bonchev–Trinajstić information content (AvgIpc) is 2.56. The summed E-state index contributed by atoms with van der Waals surface area (Å²) in [6.07, 6.45) is 3.82. The van der Waals surface area contributed by atoms with E-state index in [-0.39, 0.29) is 0 Å². The standard InChI is InChI=1S/C9H15N3O/c1-12-6-7(10)2-3-8(12)9-4-5-11-13-9/h4-5,7-8H,2-3,6,10H2,1H3. The first kappa shape index (κ1) is 8.72. The van der Waals surface area contributed by atoms with Crippen molar-refractivity contribution in [3.05, 3.63) is 18.0 Å². The lowest BCUT2D eigenvalue weighted by Crippen LogP contribution is -2.42. The van der Waals surface area contributed by atoms with Crippen LogP contribution in [0, 0.1) is 0 Å². The molecule has 0 aromatic carbocycles. The molecule has 72 valence electrons. The van der Waals surface area contributed by atoms with Gasteiger partial charge in [0.15, 0.2) is 5.76 Å². The van der Waals surface area contributed by atoms with Gasteiger partial charge in [-0.25, -0.2) is 0 Å². The number of nitrogens with two attached hydrogens (primary N) is 1. The maximum absolute atomic E-state index is 5.85. The number of rotatable bonds is 1. The quantitative estimate of drug-likeness (QED) is 0.695. The minimum Gasteiger partial charge on any atom is -0.360 e. The van der Waals surface area contributed by atoms with Crippen LogP contribution in [0.15, 0.2) is 16.8 Å². The first-order chi connectivity index (χ1) is 6.27. The van der Waals surface area contributed by atoms with Gasteiger partial charge in [0.1, 0.15) is 0 Å². The highest BCUT2D eigenvalue weighted by molar-refractivity contribution is 5.02. The number of likely N-dealkylation sites (tertiary alicyclic amines) is 1. The Kier molecular flexibility index (Phi) is 2.33. The van der Waals surface area contributed by atoms with E-state index in [1.807, 2.05) is 6.07 Å². The minimum absolute atomic E-state index is 0.309. The smallest absolute Gasteiger partial charge is 0.153 e. The fraction of sp³-hybridized carbons (Fsp3) is 0.667. The highest BCUT2D eigenvalue weighted by Gasteiger charge is 2.26. The van der Waals surface area contributed by atoms with Crippen molar-refractivity contribution in [2.24, 2.45) is 5.73 Å². The van der Waals surface area contributed by atoms with Crippen LogP contribution in [0.3, 0.4) is 0 Å². The summed E-state index contributed by atoms with van der Waals surface area (Å²) in [5.74, 6) is 0.953. The second-order valence-corrected chi connectivity index (χ2v) is 3.71. The Balaban J connectivity index is 2.08. The second-order valence-electron chi connectivity index (χ2n) is 3.71. The van der Waals surface area contributed by atoms with E-state index < -0.39 is 0 Å². The van der Waals surface area contributed by atoms with Crippen LogP contribution in [0.1, 0.15) is 24.6 Å². The molecule has 2 heterocycles. The molecule has 1 aliphatic heterocycles. The summed E-state index contributed by atoms with van der Waals surface area (Å²) in [5.41, 5.74) is 5.85. The van der Waals surface area contributed by atoms with Crippen molar-refractivity contribution in [1.82, 2.24) is 10.1 Å². The van der Waals surface area contributed by atoms with Gasteiger partial charge in [-0.2, -0.15) is 0 Å². The molecule has 2 atom stereocenters. The lowest BCUT2D eigenvalue weighted by molar-refractivity contribution is 0.141. The third-order valence-electron chi connectivity index (χ3n) is 2.65. The molecule has 1 fully saturated rings. The highest BCUT2D eigenvalue weighted by atomic mass is 16.5. The lowest BCUT2D eigenvalue weighted by atomic mass is 9.98. The van der Waals surface area contributed by atoms with Gasteiger partial charge in [0.25, 0.3) is 0 Å². The van der Waals surface area contributed by atoms with Crippen LogP contribution in [-0.4, -0.2) is 29.7 Å². The molecule has 2 unspecified atom stereocenters. The lowest BCUT2D eigenvalue weighted by Gasteiger charge is -2.33. The van der Waals surface area contributed by atoms with Gasteiger partial charge in [-0.15, -0.1) is 0 Å². The van der Waals surface area contributed by atoms with Crippen molar-refractivity contribution < 1.29 is 4.52 Å². The molecule has 0 radical (unpaired) electrons. The molecule has 1 saturated heterocycles. The van der Waals surface area contributed by atoms with Crippen molar-refractivity contribution in [2.45, 2.75) is 24.9 Å². The van der Waals surface area contributed by atoms with Crippen LogP contribution in [0.5, 0.6) is 0 Å². The average molecular weight is 181 g/mol. The highest BCUT2D eigenvalue weighted by Crippen LogP contribution is 2.28. The van der Waals surface area contributed by atoms with E-state index in [9.17, 15) is 0 Å². The number of aromatic nitrogens is 1. The molecule has 0 spiro atoms. The molecule has 0 bridgehead atoms. The van der Waals surface area contributed by atoms with Gasteiger partial charge in [-0.05, 0) is 19.9 Å². The van der Waals surface area contributed by atoms with Crippen molar-refractivity contribution in [3.8, 4) is 0 Å². The fourth-order valence-corrected chi connectivity index (χ4v) is 1.94. The van der Waals surface area contributed by atoms with Crippen LogP contribution in [0.2, 0.25) is 0 Å². The second kappa shape index (κ2) is 3.47. The Morgan fingerprint density at radius 1 is 1.62 bits per heavy atom. The Bertz CT molecular complexity index is 260. The van der Waals surface area contributed by atoms with E-state index in [1.54, 1.807) is 6.20 Å². The molecule has 0 saturated carbocycles. The van der Waals surface area contributed by atoms with Crippen LogP contribution in [-0.2, 0) is 0 Å². The zero-order chi connectivity index (χ0) is 9.26. The maximum atomic E-state index is 5.85. The van der Waals surface area contributed by atoms with Crippen LogP contribution in [0.4, 0.5) is 0 Å². The molecule has 1 aromatic heterocycles. The van der Waals surface area contributed by atoms with E-state index >= 15 is 0 Å². The van der Waals surface area contributed by atoms with Crippen molar-refractivity contribution in [2.75, 3.05) is 13.6 Å². The van der Waals surface area contributed by atoms with Crippen LogP contribution >= 0.6 is 0 Å². The van der Waals surface area contributed by atoms with Gasteiger partial charge in [-0.1, -0.05) is 5.16 Å². The summed E-state index contributed by atoms with van der Waals surface area (Å²) < 4.78 is 5.15. The van der Waals surface area contributed by atoms with E-state index in [1.165, 1.54) is 0 Å². The molecular formula is C9H15N3O. The Hall–Kier alpha value is -0.870. The Labute approximate surface area is 77.7 Å². The van der Waals surface area contributed by atoms with E-state index in [4.69, 9.17) is 10.3 Å². The minimum atomic E-state index is 0.309. The summed E-state index contributed by atoms with van der Waals surface area (Å²) in [5, 5.41) is 3.72. The molecule has 0 amide bonds. The summed E-state index contributed by atoms with van der Waals surface area (Å²) in [7, 11) is 2.08. The van der Waals surface area contributed by atoms with Crippen LogP contribution in [0.25, 0.3) is 0 Å². The van der Waals surface area contributed by atoms with Crippen molar-refractivity contribution in [3.63, 3.8) is 0 Å². The molecule has 4 heteroatoms. The van der Waals surface area contributed by atoms with E-state index in [2.05, 4.69) is 17.1 Å². The first-order valence-corrected chi connectivity index (χ1v) is 4.64. The summed E-state index contributed by atoms with van der Waals surface area (Å²) in [4.78, 5) is 2.23. The predicted molar refractivity (Wildman–Crippen MR) is 49.1 cm³/mol. The Morgan fingerprint density at radius 3 is 3.08 bits per heavy atom. The number of likely N-dealkylation sites (N-methyl/N-ethyl adjacent to an activating group) is 1. The molecule has 1 aliphatic rings. The molecular weight excluding hydrogens is 166 g/mol. The third-order valence-corrected chi connectivity index (χ3v) is 2.65. The molecule has 1 aromatic rings. The monoisotopic (exact) mass is 181 g/mol. The van der Waals surface area contributed by atoms with Gasteiger partial charge >= 0.3 is 0 Å². The number of hydrogen-bond donors (Lipinski definition) is 1. The molecule has 4 nitrogen and oxygen atoms in total. The summed E-state index contributed by atoms with van der Waals surface area (Å²) >= 11 is 0. The number of nitrogens with zero attached hydrogens (tertiary/aromatic N) is 2. The van der Waals surface area contributed by atoms with E-state index in [0.717, 1.165) is 25.1 Å². The summed E-state index contributed by atoms with van der Waals surface area (Å²) in [6, 6.07) is 2.60. The Morgan fingerprint density at radius 2 is 2.46 bits per heavy atom. The normalized spacial score (nSPS) is 30.6. The predicted octanol–water partition coefficient (Wildman–Crippen LogP) is 0.769. The zero-order valence-corrected chi connectivity index (χ0v) is 7.81.